The Morgan fingerprint density at radius 3 is 2.95 bits per heavy atom. The average molecular weight is 265 g/mol. The molecule has 0 spiro atoms. The second-order valence-electron chi connectivity index (χ2n) is 4.46. The molecular formula is C11H15N5O3. The van der Waals surface area contributed by atoms with Crippen LogP contribution >= 0.6 is 0 Å². The molecule has 1 aliphatic rings. The molecule has 0 amide bonds. The van der Waals surface area contributed by atoms with Gasteiger partial charge in [0, 0.05) is 18.7 Å². The maximum Gasteiger partial charge on any atom is 0.298 e. The summed E-state index contributed by atoms with van der Waals surface area (Å²) in [7, 11) is 0. The topological polar surface area (TPSA) is 118 Å². The van der Waals surface area contributed by atoms with E-state index >= 15 is 0 Å². The van der Waals surface area contributed by atoms with Crippen LogP contribution in [-0.4, -0.2) is 33.5 Å². The third-order valence-corrected chi connectivity index (χ3v) is 3.25. The first-order valence-corrected chi connectivity index (χ1v) is 5.94. The van der Waals surface area contributed by atoms with Gasteiger partial charge in [-0.05, 0) is 25.8 Å². The van der Waals surface area contributed by atoms with Crippen molar-refractivity contribution in [2.45, 2.75) is 25.8 Å². The number of nitrogens with two attached hydrogens (primary N) is 1. The van der Waals surface area contributed by atoms with E-state index in [4.69, 9.17) is 10.9 Å². The average Bonchev–Trinajstić information content (AvgIpc) is 2.83. The van der Waals surface area contributed by atoms with Crippen LogP contribution < -0.4 is 10.6 Å². The van der Waals surface area contributed by atoms with E-state index in [1.807, 2.05) is 0 Å². The molecule has 3 N–H and O–H groups in total. The van der Waals surface area contributed by atoms with Crippen molar-refractivity contribution < 1.29 is 10.1 Å². The van der Waals surface area contributed by atoms with Crippen LogP contribution in [-0.2, 0) is 0 Å². The molecule has 0 aromatic carbocycles. The first kappa shape index (κ1) is 13.1. The van der Waals surface area contributed by atoms with E-state index in [1.165, 1.54) is 6.07 Å². The van der Waals surface area contributed by atoms with Crippen molar-refractivity contribution in [3.05, 3.63) is 27.9 Å². The Morgan fingerprint density at radius 1 is 1.68 bits per heavy atom. The van der Waals surface area contributed by atoms with E-state index in [1.54, 1.807) is 6.07 Å². The second kappa shape index (κ2) is 5.09. The van der Waals surface area contributed by atoms with Crippen molar-refractivity contribution in [3.63, 3.8) is 0 Å². The molecule has 2 rings (SSSR count). The molecule has 19 heavy (non-hydrogen) atoms. The zero-order chi connectivity index (χ0) is 14.0. The van der Waals surface area contributed by atoms with Crippen LogP contribution in [0.5, 0.6) is 0 Å². The van der Waals surface area contributed by atoms with Crippen LogP contribution in [0.4, 0.5) is 11.5 Å². The molecule has 1 aliphatic heterocycles. The monoisotopic (exact) mass is 265 g/mol. The lowest BCUT2D eigenvalue weighted by atomic mass is 10.2. The quantitative estimate of drug-likeness (QED) is 0.277. The minimum Gasteiger partial charge on any atom is -0.409 e. The molecule has 1 fully saturated rings. The molecule has 0 aliphatic carbocycles. The van der Waals surface area contributed by atoms with Crippen LogP contribution in [0.3, 0.4) is 0 Å². The van der Waals surface area contributed by atoms with E-state index < -0.39 is 4.92 Å². The number of aromatic nitrogens is 1. The third kappa shape index (κ3) is 2.42. The van der Waals surface area contributed by atoms with Gasteiger partial charge in [-0.25, -0.2) is 4.98 Å². The van der Waals surface area contributed by atoms with Crippen LogP contribution in [0.1, 0.15) is 25.5 Å². The molecule has 1 aromatic rings. The van der Waals surface area contributed by atoms with Gasteiger partial charge in [-0.1, -0.05) is 5.16 Å². The maximum atomic E-state index is 10.9. The summed E-state index contributed by atoms with van der Waals surface area (Å²) in [5.41, 5.74) is 5.07. The van der Waals surface area contributed by atoms with Crippen molar-refractivity contribution in [3.8, 4) is 0 Å². The number of hydrogen-bond donors (Lipinski definition) is 2. The first-order valence-electron chi connectivity index (χ1n) is 5.94. The Bertz CT molecular complexity index is 531. The van der Waals surface area contributed by atoms with Crippen LogP contribution in [0.25, 0.3) is 0 Å². The zero-order valence-electron chi connectivity index (χ0n) is 10.5. The van der Waals surface area contributed by atoms with Gasteiger partial charge < -0.3 is 15.8 Å². The summed E-state index contributed by atoms with van der Waals surface area (Å²) in [6.45, 7) is 2.92. The van der Waals surface area contributed by atoms with Gasteiger partial charge in [0.15, 0.2) is 11.5 Å². The van der Waals surface area contributed by atoms with E-state index in [0.29, 0.717) is 11.9 Å². The van der Waals surface area contributed by atoms with E-state index in [-0.39, 0.29) is 17.2 Å². The lowest BCUT2D eigenvalue weighted by molar-refractivity contribution is -0.385. The van der Waals surface area contributed by atoms with Gasteiger partial charge in [0.05, 0.1) is 4.92 Å². The lowest BCUT2D eigenvalue weighted by Crippen LogP contribution is -2.28. The molecule has 1 atom stereocenters. The predicted octanol–water partition coefficient (Wildman–Crippen LogP) is 1.07. The summed E-state index contributed by atoms with van der Waals surface area (Å²) >= 11 is 0. The highest BCUT2D eigenvalue weighted by Crippen LogP contribution is 2.26. The SMILES string of the molecule is CC1CCCN1c1ccc([N+](=O)[O-])c(/C(N)=N/O)n1. The van der Waals surface area contributed by atoms with Gasteiger partial charge in [-0.3, -0.25) is 10.1 Å². The van der Waals surface area contributed by atoms with Crippen molar-refractivity contribution in [2.75, 3.05) is 11.4 Å². The molecular weight excluding hydrogens is 250 g/mol. The minimum atomic E-state index is -0.600. The Hall–Kier alpha value is -2.38. The molecule has 0 bridgehead atoms. The fourth-order valence-electron chi connectivity index (χ4n) is 2.26. The highest BCUT2D eigenvalue weighted by atomic mass is 16.6. The number of amidine groups is 1. The minimum absolute atomic E-state index is 0.107. The Morgan fingerprint density at radius 2 is 2.42 bits per heavy atom. The summed E-state index contributed by atoms with van der Waals surface area (Å²) < 4.78 is 0. The van der Waals surface area contributed by atoms with E-state index in [9.17, 15) is 10.1 Å². The fraction of sp³-hybridized carbons (Fsp3) is 0.455. The molecule has 8 heteroatoms. The van der Waals surface area contributed by atoms with Gasteiger partial charge in [-0.2, -0.15) is 0 Å². The molecule has 102 valence electrons. The van der Waals surface area contributed by atoms with Crippen LogP contribution in [0, 0.1) is 10.1 Å². The van der Waals surface area contributed by atoms with Crippen molar-refractivity contribution in [2.24, 2.45) is 10.9 Å². The van der Waals surface area contributed by atoms with E-state index in [0.717, 1.165) is 19.4 Å². The summed E-state index contributed by atoms with van der Waals surface area (Å²) in [6, 6.07) is 3.25. The zero-order valence-corrected chi connectivity index (χ0v) is 10.5. The number of oxime groups is 1. The molecule has 0 saturated carbocycles. The standard InChI is InChI=1S/C11H15N5O3/c1-7-3-2-6-15(7)9-5-4-8(16(18)19)10(13-9)11(12)14-17/h4-5,7,17H,2-3,6H2,1H3,(H2,12,14). The smallest absolute Gasteiger partial charge is 0.298 e. The summed E-state index contributed by atoms with van der Waals surface area (Å²) in [6.07, 6.45) is 2.11. The molecule has 8 nitrogen and oxygen atoms in total. The Kier molecular flexibility index (Phi) is 3.50. The molecule has 1 aromatic heterocycles. The van der Waals surface area contributed by atoms with E-state index in [2.05, 4.69) is 22.0 Å². The first-order chi connectivity index (χ1) is 9.04. The molecule has 2 heterocycles. The number of pyridine rings is 1. The lowest BCUT2D eigenvalue weighted by Gasteiger charge is -2.22. The normalized spacial score (nSPS) is 19.7. The molecule has 0 radical (unpaired) electrons. The van der Waals surface area contributed by atoms with Crippen molar-refractivity contribution in [1.29, 1.82) is 0 Å². The van der Waals surface area contributed by atoms with Gasteiger partial charge in [0.2, 0.25) is 0 Å². The van der Waals surface area contributed by atoms with Crippen molar-refractivity contribution >= 4 is 17.3 Å². The highest BCUT2D eigenvalue weighted by Gasteiger charge is 2.25. The third-order valence-electron chi connectivity index (χ3n) is 3.25. The van der Waals surface area contributed by atoms with Gasteiger partial charge in [0.1, 0.15) is 5.82 Å². The number of rotatable bonds is 3. The summed E-state index contributed by atoms with van der Waals surface area (Å²) in [5, 5.41) is 22.4. The van der Waals surface area contributed by atoms with Gasteiger partial charge in [-0.15, -0.1) is 0 Å². The largest absolute Gasteiger partial charge is 0.409 e. The summed E-state index contributed by atoms with van der Waals surface area (Å²) in [4.78, 5) is 16.5. The van der Waals surface area contributed by atoms with Crippen LogP contribution in [0.2, 0.25) is 0 Å². The summed E-state index contributed by atoms with van der Waals surface area (Å²) in [5.74, 6) is 0.248. The maximum absolute atomic E-state index is 10.9. The van der Waals surface area contributed by atoms with Gasteiger partial charge >= 0.3 is 0 Å². The van der Waals surface area contributed by atoms with Crippen molar-refractivity contribution in [1.82, 2.24) is 4.98 Å². The molecule has 1 unspecified atom stereocenters. The number of nitro groups is 1. The Balaban J connectivity index is 2.46. The number of anilines is 1. The second-order valence-corrected chi connectivity index (χ2v) is 4.46. The highest BCUT2D eigenvalue weighted by molar-refractivity contribution is 5.99. The van der Waals surface area contributed by atoms with Gasteiger partial charge in [0.25, 0.3) is 5.69 Å². The molecule has 1 saturated heterocycles. The fourth-order valence-corrected chi connectivity index (χ4v) is 2.26. The number of hydrogen-bond acceptors (Lipinski definition) is 6. The van der Waals surface area contributed by atoms with Crippen LogP contribution in [0.15, 0.2) is 17.3 Å². The Labute approximate surface area is 109 Å². The number of nitrogens with zero attached hydrogens (tertiary/aromatic N) is 4. The predicted molar refractivity (Wildman–Crippen MR) is 69.4 cm³/mol.